The molecule has 8 heteroatoms. The van der Waals surface area contributed by atoms with Crippen molar-refractivity contribution in [3.63, 3.8) is 0 Å². The second-order valence-corrected chi connectivity index (χ2v) is 7.39. The van der Waals surface area contributed by atoms with Gasteiger partial charge in [-0.3, -0.25) is 9.48 Å². The fourth-order valence-electron chi connectivity index (χ4n) is 3.70. The van der Waals surface area contributed by atoms with Gasteiger partial charge in [-0.25, -0.2) is 9.97 Å². The van der Waals surface area contributed by atoms with E-state index in [1.807, 2.05) is 29.2 Å². The first-order valence-corrected chi connectivity index (χ1v) is 9.58. The molecule has 1 aliphatic rings. The van der Waals surface area contributed by atoms with Crippen LogP contribution in [-0.2, 0) is 7.05 Å². The number of benzene rings is 1. The van der Waals surface area contributed by atoms with Crippen LogP contribution >= 0.6 is 11.6 Å². The number of aryl methyl sites for hydroxylation is 1. The van der Waals surface area contributed by atoms with Crippen LogP contribution in [-0.4, -0.2) is 37.1 Å². The highest BCUT2D eigenvalue weighted by Gasteiger charge is 2.32. The van der Waals surface area contributed by atoms with Crippen molar-refractivity contribution in [2.24, 2.45) is 7.05 Å². The zero-order chi connectivity index (χ0) is 19.7. The van der Waals surface area contributed by atoms with Gasteiger partial charge >= 0.3 is 0 Å². The summed E-state index contributed by atoms with van der Waals surface area (Å²) >= 11 is 6.19. The van der Waals surface area contributed by atoms with Crippen LogP contribution in [0, 0.1) is 0 Å². The number of amides is 1. The highest BCUT2D eigenvalue weighted by molar-refractivity contribution is 6.30. The Bertz CT molecular complexity index is 1020. The lowest BCUT2D eigenvalue weighted by atomic mass is 9.93. The number of carbonyl (C=O) groups excluding carboxylic acids is 1. The summed E-state index contributed by atoms with van der Waals surface area (Å²) in [5, 5.41) is 4.76. The van der Waals surface area contributed by atoms with Crippen LogP contribution < -0.4 is 5.73 Å². The largest absolute Gasteiger partial charge is 0.368 e. The number of nitrogens with two attached hydrogens (primary N) is 1. The molecule has 1 amide bonds. The number of anilines is 1. The first-order chi connectivity index (χ1) is 13.5. The molecule has 0 aliphatic carbocycles. The van der Waals surface area contributed by atoms with Gasteiger partial charge in [-0.1, -0.05) is 23.7 Å². The Morgan fingerprint density at radius 2 is 2.14 bits per heavy atom. The summed E-state index contributed by atoms with van der Waals surface area (Å²) < 4.78 is 1.63. The Kier molecular flexibility index (Phi) is 5.00. The maximum absolute atomic E-state index is 13.2. The second kappa shape index (κ2) is 7.59. The number of nitrogen functional groups attached to an aromatic ring is 1. The maximum Gasteiger partial charge on any atom is 0.257 e. The number of piperidine rings is 1. The van der Waals surface area contributed by atoms with E-state index >= 15 is 0 Å². The van der Waals surface area contributed by atoms with E-state index in [1.165, 1.54) is 0 Å². The molecule has 2 N–H and O–H groups in total. The summed E-state index contributed by atoms with van der Waals surface area (Å²) in [5.41, 5.74) is 8.98. The molecule has 28 heavy (non-hydrogen) atoms. The van der Waals surface area contributed by atoms with Gasteiger partial charge < -0.3 is 10.6 Å². The van der Waals surface area contributed by atoms with Crippen LogP contribution in [0.15, 0.2) is 42.9 Å². The molecule has 3 aromatic rings. The molecule has 0 unspecified atom stereocenters. The van der Waals surface area contributed by atoms with Crippen LogP contribution in [0.2, 0.25) is 5.02 Å². The van der Waals surface area contributed by atoms with Gasteiger partial charge in [0.25, 0.3) is 5.91 Å². The molecule has 4 rings (SSSR count). The van der Waals surface area contributed by atoms with Crippen molar-refractivity contribution in [2.45, 2.75) is 25.3 Å². The van der Waals surface area contributed by atoms with Gasteiger partial charge in [0.05, 0.1) is 23.5 Å². The lowest BCUT2D eigenvalue weighted by Gasteiger charge is -2.36. The molecule has 0 spiro atoms. The number of halogens is 1. The molecule has 2 aromatic heterocycles. The Hall–Kier alpha value is -2.93. The van der Waals surface area contributed by atoms with E-state index < -0.39 is 0 Å². The van der Waals surface area contributed by atoms with Crippen LogP contribution in [0.25, 0.3) is 11.1 Å². The van der Waals surface area contributed by atoms with Crippen molar-refractivity contribution in [1.82, 2.24) is 24.6 Å². The molecule has 1 fully saturated rings. The normalized spacial score (nSPS) is 16.9. The van der Waals surface area contributed by atoms with E-state index in [1.54, 1.807) is 30.3 Å². The van der Waals surface area contributed by atoms with Gasteiger partial charge in [0.15, 0.2) is 0 Å². The topological polar surface area (TPSA) is 89.9 Å². The fourth-order valence-corrected chi connectivity index (χ4v) is 3.89. The number of hydrogen-bond donors (Lipinski definition) is 1. The molecular weight excluding hydrogens is 376 g/mol. The van der Waals surface area contributed by atoms with E-state index in [9.17, 15) is 4.79 Å². The lowest BCUT2D eigenvalue weighted by Crippen LogP contribution is -2.39. The highest BCUT2D eigenvalue weighted by atomic mass is 35.5. The van der Waals surface area contributed by atoms with Crippen molar-refractivity contribution >= 4 is 23.5 Å². The molecule has 3 heterocycles. The van der Waals surface area contributed by atoms with Crippen LogP contribution in [0.4, 0.5) is 5.95 Å². The Balaban J connectivity index is 1.77. The Morgan fingerprint density at radius 3 is 2.89 bits per heavy atom. The summed E-state index contributed by atoms with van der Waals surface area (Å²) in [6.07, 6.45) is 7.83. The fraction of sp³-hybridized carbons (Fsp3) is 0.300. The molecule has 0 radical (unpaired) electrons. The van der Waals surface area contributed by atoms with E-state index in [-0.39, 0.29) is 17.9 Å². The molecule has 7 nitrogen and oxygen atoms in total. The zero-order valence-electron chi connectivity index (χ0n) is 15.5. The van der Waals surface area contributed by atoms with Crippen molar-refractivity contribution in [3.8, 4) is 11.1 Å². The van der Waals surface area contributed by atoms with Crippen LogP contribution in [0.1, 0.15) is 41.4 Å². The molecule has 1 atom stereocenters. The van der Waals surface area contributed by atoms with Crippen molar-refractivity contribution in [2.75, 3.05) is 12.3 Å². The Morgan fingerprint density at radius 1 is 1.29 bits per heavy atom. The summed E-state index contributed by atoms with van der Waals surface area (Å²) in [6, 6.07) is 7.36. The van der Waals surface area contributed by atoms with E-state index in [2.05, 4.69) is 15.1 Å². The second-order valence-electron chi connectivity index (χ2n) is 6.95. The maximum atomic E-state index is 13.2. The SMILES string of the molecule is Cn1cc(C(=O)N2CCCC[C@@H]2c2nc(N)ncc2-c2cccc(Cl)c2)cn1. The third-order valence-corrected chi connectivity index (χ3v) is 5.24. The van der Waals surface area contributed by atoms with Crippen molar-refractivity contribution in [1.29, 1.82) is 0 Å². The average Bonchev–Trinajstić information content (AvgIpc) is 3.14. The van der Waals surface area contributed by atoms with Gasteiger partial charge in [0.1, 0.15) is 0 Å². The minimum absolute atomic E-state index is 0.0490. The lowest BCUT2D eigenvalue weighted by molar-refractivity contribution is 0.0606. The number of carbonyl (C=O) groups is 1. The van der Waals surface area contributed by atoms with Crippen LogP contribution in [0.5, 0.6) is 0 Å². The zero-order valence-corrected chi connectivity index (χ0v) is 16.3. The summed E-state index contributed by atoms with van der Waals surface area (Å²) in [6.45, 7) is 0.664. The average molecular weight is 397 g/mol. The number of rotatable bonds is 3. The quantitative estimate of drug-likeness (QED) is 0.731. The van der Waals surface area contributed by atoms with Crippen molar-refractivity contribution < 1.29 is 4.79 Å². The number of hydrogen-bond acceptors (Lipinski definition) is 5. The van der Waals surface area contributed by atoms with E-state index in [0.717, 1.165) is 36.1 Å². The molecule has 1 saturated heterocycles. The number of aromatic nitrogens is 4. The number of likely N-dealkylation sites (tertiary alicyclic amines) is 1. The molecule has 0 saturated carbocycles. The molecule has 1 aliphatic heterocycles. The minimum atomic E-state index is -0.180. The molecular formula is C20H21ClN6O. The van der Waals surface area contributed by atoms with E-state index in [0.29, 0.717) is 17.1 Å². The smallest absolute Gasteiger partial charge is 0.257 e. The third-order valence-electron chi connectivity index (χ3n) is 5.00. The van der Waals surface area contributed by atoms with Gasteiger partial charge in [-0.15, -0.1) is 0 Å². The predicted molar refractivity (Wildman–Crippen MR) is 108 cm³/mol. The summed E-state index contributed by atoms with van der Waals surface area (Å²) in [5.74, 6) is 0.146. The van der Waals surface area contributed by atoms with Crippen LogP contribution in [0.3, 0.4) is 0 Å². The molecule has 144 valence electrons. The molecule has 1 aromatic carbocycles. The van der Waals surface area contributed by atoms with Gasteiger partial charge in [0.2, 0.25) is 5.95 Å². The predicted octanol–water partition coefficient (Wildman–Crippen LogP) is 3.48. The number of nitrogens with zero attached hydrogens (tertiary/aromatic N) is 5. The first-order valence-electron chi connectivity index (χ1n) is 9.21. The summed E-state index contributed by atoms with van der Waals surface area (Å²) in [4.78, 5) is 23.8. The standard InChI is InChI=1S/C20H21ClN6O/c1-26-12-14(10-24-26)19(28)27-8-3-2-7-17(27)18-16(11-23-20(22)25-18)13-5-4-6-15(21)9-13/h4-6,9-12,17H,2-3,7-8H2,1H3,(H2,22,23,25)/t17-/m1/s1. The molecule has 0 bridgehead atoms. The minimum Gasteiger partial charge on any atom is -0.368 e. The highest BCUT2D eigenvalue weighted by Crippen LogP contribution is 2.37. The van der Waals surface area contributed by atoms with Crippen molar-refractivity contribution in [3.05, 3.63) is 59.1 Å². The van der Waals surface area contributed by atoms with Gasteiger partial charge in [-0.05, 0) is 37.0 Å². The Labute approximate surface area is 168 Å². The van der Waals surface area contributed by atoms with E-state index in [4.69, 9.17) is 17.3 Å². The third kappa shape index (κ3) is 3.57. The van der Waals surface area contributed by atoms with Gasteiger partial charge in [0, 0.05) is 36.6 Å². The van der Waals surface area contributed by atoms with Gasteiger partial charge in [-0.2, -0.15) is 5.10 Å². The first kappa shape index (κ1) is 18.4. The summed E-state index contributed by atoms with van der Waals surface area (Å²) in [7, 11) is 1.80. The monoisotopic (exact) mass is 396 g/mol.